The van der Waals surface area contributed by atoms with Crippen molar-refractivity contribution in [3.63, 3.8) is 0 Å². The molecule has 0 spiro atoms. The number of rotatable bonds is 6. The number of aryl methyl sites for hydroxylation is 2. The highest BCUT2D eigenvalue weighted by Crippen LogP contribution is 2.26. The smallest absolute Gasteiger partial charge is 0.262 e. The van der Waals surface area contributed by atoms with Crippen LogP contribution in [0, 0.1) is 19.8 Å². The summed E-state index contributed by atoms with van der Waals surface area (Å²) in [5.74, 6) is 0.180. The number of nitrogens with zero attached hydrogens (tertiary/aromatic N) is 2. The summed E-state index contributed by atoms with van der Waals surface area (Å²) in [6.45, 7) is 10.5. The van der Waals surface area contributed by atoms with E-state index in [1.54, 1.807) is 10.6 Å². The molecule has 0 aliphatic heterocycles. The molecule has 1 heterocycles. The number of benzene rings is 2. The highest BCUT2D eigenvalue weighted by atomic mass is 32.2. The number of carbonyl (C=O) groups is 1. The van der Waals surface area contributed by atoms with E-state index in [2.05, 4.69) is 19.2 Å². The van der Waals surface area contributed by atoms with E-state index >= 15 is 0 Å². The number of anilines is 1. The molecule has 3 rings (SSSR count). The van der Waals surface area contributed by atoms with Gasteiger partial charge in [-0.2, -0.15) is 0 Å². The SMILES string of the molecule is Cc1cccc(C)c1NC(=O)[C@H](C)Sc1nc2ccccc2c(=O)n1CC(C)C. The van der Waals surface area contributed by atoms with Gasteiger partial charge in [0.2, 0.25) is 5.91 Å². The fourth-order valence-electron chi connectivity index (χ4n) is 3.21. The summed E-state index contributed by atoms with van der Waals surface area (Å²) in [5.41, 5.74) is 3.49. The molecule has 0 aliphatic rings. The van der Waals surface area contributed by atoms with Gasteiger partial charge in [-0.05, 0) is 49.9 Å². The zero-order valence-electron chi connectivity index (χ0n) is 17.5. The molecule has 2 aromatic carbocycles. The Labute approximate surface area is 175 Å². The van der Waals surface area contributed by atoms with Gasteiger partial charge >= 0.3 is 0 Å². The topological polar surface area (TPSA) is 64.0 Å². The Morgan fingerprint density at radius 3 is 2.38 bits per heavy atom. The minimum Gasteiger partial charge on any atom is -0.325 e. The van der Waals surface area contributed by atoms with Gasteiger partial charge in [0.15, 0.2) is 5.16 Å². The fourth-order valence-corrected chi connectivity index (χ4v) is 4.13. The van der Waals surface area contributed by atoms with Gasteiger partial charge in [0.1, 0.15) is 0 Å². The average Bonchev–Trinajstić information content (AvgIpc) is 2.67. The van der Waals surface area contributed by atoms with Crippen molar-refractivity contribution < 1.29 is 4.79 Å². The van der Waals surface area contributed by atoms with Gasteiger partial charge in [-0.25, -0.2) is 4.98 Å². The van der Waals surface area contributed by atoms with Gasteiger partial charge in [-0.3, -0.25) is 14.2 Å². The average molecular weight is 410 g/mol. The zero-order valence-corrected chi connectivity index (χ0v) is 18.3. The van der Waals surface area contributed by atoms with Crippen molar-refractivity contribution in [3.05, 3.63) is 63.9 Å². The van der Waals surface area contributed by atoms with Gasteiger partial charge in [0, 0.05) is 12.2 Å². The Morgan fingerprint density at radius 1 is 1.07 bits per heavy atom. The largest absolute Gasteiger partial charge is 0.325 e. The molecule has 1 N–H and O–H groups in total. The summed E-state index contributed by atoms with van der Waals surface area (Å²) in [7, 11) is 0. The van der Waals surface area contributed by atoms with Gasteiger partial charge in [0.05, 0.1) is 16.2 Å². The van der Waals surface area contributed by atoms with Crippen LogP contribution in [0.4, 0.5) is 5.69 Å². The number of carbonyl (C=O) groups excluding carboxylic acids is 1. The van der Waals surface area contributed by atoms with E-state index in [1.165, 1.54) is 11.8 Å². The minimum absolute atomic E-state index is 0.0610. The van der Waals surface area contributed by atoms with Crippen LogP contribution in [-0.4, -0.2) is 20.7 Å². The molecule has 0 aliphatic carbocycles. The molecule has 0 radical (unpaired) electrons. The number of para-hydroxylation sites is 2. The number of hydrogen-bond acceptors (Lipinski definition) is 4. The van der Waals surface area contributed by atoms with E-state index in [0.717, 1.165) is 16.8 Å². The Bertz CT molecular complexity index is 1080. The van der Waals surface area contributed by atoms with Crippen LogP contribution in [0.1, 0.15) is 31.9 Å². The van der Waals surface area contributed by atoms with Crippen molar-refractivity contribution in [1.82, 2.24) is 9.55 Å². The molecule has 1 amide bonds. The summed E-state index contributed by atoms with van der Waals surface area (Å²) in [6.07, 6.45) is 0. The third-order valence-corrected chi connectivity index (χ3v) is 5.85. The van der Waals surface area contributed by atoms with Crippen LogP contribution in [0.5, 0.6) is 0 Å². The second-order valence-electron chi connectivity index (χ2n) is 7.74. The van der Waals surface area contributed by atoms with Gasteiger partial charge < -0.3 is 5.32 Å². The lowest BCUT2D eigenvalue weighted by Gasteiger charge is -2.18. The van der Waals surface area contributed by atoms with Crippen LogP contribution < -0.4 is 10.9 Å². The summed E-state index contributed by atoms with van der Waals surface area (Å²) in [6, 6.07) is 13.3. The Kier molecular flexibility index (Phi) is 6.42. The molecule has 0 unspecified atom stereocenters. The monoisotopic (exact) mass is 409 g/mol. The van der Waals surface area contributed by atoms with Gasteiger partial charge in [0.25, 0.3) is 5.56 Å². The third-order valence-electron chi connectivity index (χ3n) is 4.76. The van der Waals surface area contributed by atoms with E-state index in [1.807, 2.05) is 57.2 Å². The molecule has 0 saturated heterocycles. The van der Waals surface area contributed by atoms with E-state index in [9.17, 15) is 9.59 Å². The number of nitrogens with one attached hydrogen (secondary N) is 1. The van der Waals surface area contributed by atoms with Crippen LogP contribution in [0.15, 0.2) is 52.4 Å². The molecular formula is C23H27N3O2S. The molecule has 152 valence electrons. The fraction of sp³-hybridized carbons (Fsp3) is 0.348. The van der Waals surface area contributed by atoms with Crippen molar-refractivity contribution in [3.8, 4) is 0 Å². The standard InChI is InChI=1S/C23H27N3O2S/c1-14(2)13-26-22(28)18-11-6-7-12-19(18)24-23(26)29-17(5)21(27)25-20-15(3)9-8-10-16(20)4/h6-12,14,17H,13H2,1-5H3,(H,25,27)/t17-/m0/s1. The lowest BCUT2D eigenvalue weighted by atomic mass is 10.1. The number of fused-ring (bicyclic) bond motifs is 1. The minimum atomic E-state index is -0.402. The predicted molar refractivity (Wildman–Crippen MR) is 121 cm³/mol. The highest BCUT2D eigenvalue weighted by molar-refractivity contribution is 8.00. The lowest BCUT2D eigenvalue weighted by molar-refractivity contribution is -0.115. The first kappa shape index (κ1) is 21.1. The first-order valence-corrected chi connectivity index (χ1v) is 10.7. The summed E-state index contributed by atoms with van der Waals surface area (Å²) in [4.78, 5) is 30.6. The highest BCUT2D eigenvalue weighted by Gasteiger charge is 2.21. The number of hydrogen-bond donors (Lipinski definition) is 1. The van der Waals surface area contributed by atoms with Gasteiger partial charge in [-0.15, -0.1) is 0 Å². The second-order valence-corrected chi connectivity index (χ2v) is 9.05. The van der Waals surface area contributed by atoms with Crippen molar-refractivity contribution in [1.29, 1.82) is 0 Å². The molecule has 1 atom stereocenters. The van der Waals surface area contributed by atoms with Gasteiger partial charge in [-0.1, -0.05) is 55.9 Å². The predicted octanol–water partition coefficient (Wildman–Crippen LogP) is 4.79. The maximum atomic E-state index is 13.0. The van der Waals surface area contributed by atoms with Crippen molar-refractivity contribution in [2.75, 3.05) is 5.32 Å². The van der Waals surface area contributed by atoms with Crippen LogP contribution in [0.3, 0.4) is 0 Å². The zero-order chi connectivity index (χ0) is 21.1. The summed E-state index contributed by atoms with van der Waals surface area (Å²) in [5, 5.41) is 3.81. The Morgan fingerprint density at radius 2 is 1.72 bits per heavy atom. The Balaban J connectivity index is 1.92. The van der Waals surface area contributed by atoms with E-state index in [4.69, 9.17) is 4.98 Å². The number of amides is 1. The maximum Gasteiger partial charge on any atom is 0.262 e. The molecule has 6 heteroatoms. The maximum absolute atomic E-state index is 13.0. The molecular weight excluding hydrogens is 382 g/mol. The Hall–Kier alpha value is -2.60. The second kappa shape index (κ2) is 8.82. The number of aromatic nitrogens is 2. The van der Waals surface area contributed by atoms with E-state index in [0.29, 0.717) is 22.6 Å². The molecule has 29 heavy (non-hydrogen) atoms. The molecule has 3 aromatic rings. The first-order valence-electron chi connectivity index (χ1n) is 9.81. The van der Waals surface area contributed by atoms with Crippen molar-refractivity contribution in [2.24, 2.45) is 5.92 Å². The molecule has 0 fully saturated rings. The normalized spacial score (nSPS) is 12.3. The number of thioether (sulfide) groups is 1. The summed E-state index contributed by atoms with van der Waals surface area (Å²) >= 11 is 1.32. The lowest BCUT2D eigenvalue weighted by Crippen LogP contribution is -2.28. The van der Waals surface area contributed by atoms with E-state index in [-0.39, 0.29) is 17.4 Å². The van der Waals surface area contributed by atoms with Crippen LogP contribution >= 0.6 is 11.8 Å². The van der Waals surface area contributed by atoms with E-state index < -0.39 is 5.25 Å². The quantitative estimate of drug-likeness (QED) is 0.470. The van der Waals surface area contributed by atoms with Crippen LogP contribution in [0.25, 0.3) is 10.9 Å². The van der Waals surface area contributed by atoms with Crippen LogP contribution in [0.2, 0.25) is 0 Å². The molecule has 5 nitrogen and oxygen atoms in total. The summed E-state index contributed by atoms with van der Waals surface area (Å²) < 4.78 is 1.69. The van der Waals surface area contributed by atoms with Crippen molar-refractivity contribution >= 4 is 34.3 Å². The van der Waals surface area contributed by atoms with Crippen LogP contribution in [-0.2, 0) is 11.3 Å². The third kappa shape index (κ3) is 4.70. The first-order chi connectivity index (χ1) is 13.8. The molecule has 0 bridgehead atoms. The van der Waals surface area contributed by atoms with Crippen molar-refractivity contribution in [2.45, 2.75) is 51.6 Å². The molecule has 1 aromatic heterocycles. The molecule has 0 saturated carbocycles.